The smallest absolute Gasteiger partial charge is 0.0122 e. The van der Waals surface area contributed by atoms with E-state index in [4.69, 9.17) is 0 Å². The van der Waals surface area contributed by atoms with E-state index >= 15 is 0 Å². The molecule has 0 amide bonds. The summed E-state index contributed by atoms with van der Waals surface area (Å²) in [6, 6.07) is 67.4. The molecule has 2 atom stereocenters. The summed E-state index contributed by atoms with van der Waals surface area (Å²) in [5, 5.41) is 5.77. The molecule has 42 heavy (non-hydrogen) atoms. The zero-order chi connectivity index (χ0) is 28.4. The van der Waals surface area contributed by atoms with Gasteiger partial charge >= 0.3 is 0 Å². The van der Waals surface area contributed by atoms with Crippen LogP contribution in [0.5, 0.6) is 0 Å². The van der Waals surface area contributed by atoms with E-state index in [1.807, 2.05) is 0 Å². The molecule has 0 fully saturated rings. The second-order valence-electron chi connectivity index (χ2n) is 10.5. The van der Waals surface area contributed by atoms with Gasteiger partial charge in [0.15, 0.2) is 0 Å². The van der Waals surface area contributed by atoms with Crippen molar-refractivity contribution in [3.05, 3.63) is 193 Å². The van der Waals surface area contributed by atoms with Crippen LogP contribution in [0.3, 0.4) is 0 Å². The fraction of sp³-hybridized carbons (Fsp3) is 0.100. The third kappa shape index (κ3) is 6.79. The molecule has 0 heterocycles. The molecular weight excluding hydrogens is 542 g/mol. The van der Waals surface area contributed by atoms with Crippen LogP contribution in [-0.2, 0) is 0 Å². The minimum absolute atomic E-state index is 0.403. The van der Waals surface area contributed by atoms with E-state index in [2.05, 4.69) is 182 Å². The molecule has 0 aliphatic heterocycles. The van der Waals surface area contributed by atoms with E-state index in [0.717, 1.165) is 12.8 Å². The maximum atomic E-state index is 2.35. The van der Waals surface area contributed by atoms with E-state index in [9.17, 15) is 0 Å². The highest BCUT2D eigenvalue weighted by Gasteiger charge is 2.31. The first-order valence-corrected chi connectivity index (χ1v) is 17.6. The van der Waals surface area contributed by atoms with Gasteiger partial charge in [0, 0.05) is 11.3 Å². The Morgan fingerprint density at radius 1 is 0.286 bits per heavy atom. The molecule has 206 valence electrons. The van der Waals surface area contributed by atoms with Gasteiger partial charge in [-0.15, -0.1) is 0 Å². The molecule has 6 aromatic carbocycles. The van der Waals surface area contributed by atoms with Crippen molar-refractivity contribution in [3.63, 3.8) is 0 Å². The summed E-state index contributed by atoms with van der Waals surface area (Å²) in [4.78, 5) is 0. The second-order valence-corrected chi connectivity index (χ2v) is 15.3. The van der Waals surface area contributed by atoms with Crippen LogP contribution in [0.15, 0.2) is 182 Å². The maximum Gasteiger partial charge on any atom is 0.0122 e. The van der Waals surface area contributed by atoms with Crippen LogP contribution in [0.25, 0.3) is 0 Å². The van der Waals surface area contributed by atoms with Gasteiger partial charge in [0.25, 0.3) is 0 Å². The molecule has 0 aliphatic carbocycles. The molecule has 0 bridgehead atoms. The van der Waals surface area contributed by atoms with Crippen LogP contribution >= 0.6 is 15.8 Å². The minimum atomic E-state index is -0.611. The fourth-order valence-electron chi connectivity index (χ4n) is 5.93. The van der Waals surface area contributed by atoms with E-state index < -0.39 is 15.8 Å². The molecule has 0 aliphatic rings. The van der Waals surface area contributed by atoms with E-state index in [0.29, 0.717) is 11.3 Å². The largest absolute Gasteiger partial charge is 0.0622 e. The maximum absolute atomic E-state index is 2.35. The van der Waals surface area contributed by atoms with Gasteiger partial charge < -0.3 is 0 Å². The Bertz CT molecular complexity index is 1400. The van der Waals surface area contributed by atoms with Crippen molar-refractivity contribution in [2.45, 2.75) is 24.2 Å². The highest BCUT2D eigenvalue weighted by atomic mass is 31.1. The lowest BCUT2D eigenvalue weighted by Gasteiger charge is -2.33. The predicted molar refractivity (Wildman–Crippen MR) is 186 cm³/mol. The van der Waals surface area contributed by atoms with Crippen molar-refractivity contribution in [2.75, 3.05) is 0 Å². The lowest BCUT2D eigenvalue weighted by atomic mass is 10.0. The van der Waals surface area contributed by atoms with E-state index in [1.54, 1.807) is 0 Å². The zero-order valence-electron chi connectivity index (χ0n) is 23.8. The van der Waals surface area contributed by atoms with Crippen molar-refractivity contribution >= 4 is 37.1 Å². The molecule has 0 aromatic heterocycles. The molecule has 0 saturated carbocycles. The Balaban J connectivity index is 1.45. The first kappa shape index (κ1) is 28.3. The number of hydrogen-bond acceptors (Lipinski definition) is 0. The topological polar surface area (TPSA) is 0 Å². The summed E-state index contributed by atoms with van der Waals surface area (Å²) in [5.41, 5.74) is 3.68. The molecular formula is C40H36P2. The van der Waals surface area contributed by atoms with Gasteiger partial charge in [0.1, 0.15) is 0 Å². The van der Waals surface area contributed by atoms with Crippen LogP contribution in [0.1, 0.15) is 35.3 Å². The first-order valence-electron chi connectivity index (χ1n) is 14.8. The Labute approximate surface area is 253 Å². The van der Waals surface area contributed by atoms with Gasteiger partial charge in [0.05, 0.1) is 0 Å². The van der Waals surface area contributed by atoms with Crippen molar-refractivity contribution in [3.8, 4) is 0 Å². The highest BCUT2D eigenvalue weighted by molar-refractivity contribution is 7.73. The fourth-order valence-corrected chi connectivity index (χ4v) is 11.7. The summed E-state index contributed by atoms with van der Waals surface area (Å²) in [7, 11) is -1.22. The quantitative estimate of drug-likeness (QED) is 0.134. The summed E-state index contributed by atoms with van der Waals surface area (Å²) in [5.74, 6) is 0. The zero-order valence-corrected chi connectivity index (χ0v) is 25.6. The van der Waals surface area contributed by atoms with Gasteiger partial charge in [-0.2, -0.15) is 0 Å². The molecule has 0 radical (unpaired) electrons. The summed E-state index contributed by atoms with van der Waals surface area (Å²) in [6.07, 6.45) is 2.22. The van der Waals surface area contributed by atoms with E-state index in [-0.39, 0.29) is 0 Å². The molecule has 0 N–H and O–H groups in total. The molecule has 0 spiro atoms. The van der Waals surface area contributed by atoms with Gasteiger partial charge in [-0.3, -0.25) is 0 Å². The standard InChI is InChI=1S/C40H36P2/c1-7-19-33(20-8-1)39(41(35-23-11-3-12-24-35)36-25-13-4-14-26-36)31-32-40(34-21-9-2-10-22-34)42(37-27-15-5-16-28-37)38-29-17-6-18-30-38/h1-30,39-40H,31-32H2. The number of benzene rings is 6. The molecule has 2 heteroatoms. The summed E-state index contributed by atoms with van der Waals surface area (Å²) >= 11 is 0. The van der Waals surface area contributed by atoms with Crippen LogP contribution < -0.4 is 21.2 Å². The molecule has 6 aromatic rings. The van der Waals surface area contributed by atoms with Crippen molar-refractivity contribution in [1.82, 2.24) is 0 Å². The predicted octanol–water partition coefficient (Wildman–Crippen LogP) is 9.52. The molecule has 0 saturated heterocycles. The van der Waals surface area contributed by atoms with Gasteiger partial charge in [-0.05, 0) is 61.0 Å². The SMILES string of the molecule is c1ccc(C(CCC(c2ccccc2)P(c2ccccc2)c2ccccc2)P(c2ccccc2)c2ccccc2)cc1. The Hall–Kier alpha value is -3.82. The molecule has 2 unspecified atom stereocenters. The average molecular weight is 579 g/mol. The van der Waals surface area contributed by atoms with Crippen LogP contribution in [0.2, 0.25) is 0 Å². The number of rotatable bonds is 11. The molecule has 0 nitrogen and oxygen atoms in total. The third-order valence-electron chi connectivity index (χ3n) is 7.84. The van der Waals surface area contributed by atoms with Gasteiger partial charge in [-0.1, -0.05) is 182 Å². The van der Waals surface area contributed by atoms with Gasteiger partial charge in [-0.25, -0.2) is 0 Å². The van der Waals surface area contributed by atoms with Gasteiger partial charge in [0.2, 0.25) is 0 Å². The van der Waals surface area contributed by atoms with Crippen molar-refractivity contribution < 1.29 is 0 Å². The summed E-state index contributed by atoms with van der Waals surface area (Å²) < 4.78 is 0. The lowest BCUT2D eigenvalue weighted by Crippen LogP contribution is -2.20. The first-order chi connectivity index (χ1) is 20.9. The normalized spacial score (nSPS) is 12.7. The Morgan fingerprint density at radius 3 is 0.738 bits per heavy atom. The number of hydrogen-bond donors (Lipinski definition) is 0. The monoisotopic (exact) mass is 578 g/mol. The highest BCUT2D eigenvalue weighted by Crippen LogP contribution is 2.57. The van der Waals surface area contributed by atoms with E-state index in [1.165, 1.54) is 32.3 Å². The molecule has 6 rings (SSSR count). The third-order valence-corrected chi connectivity index (χ3v) is 13.6. The summed E-state index contributed by atoms with van der Waals surface area (Å²) in [6.45, 7) is 0. The lowest BCUT2D eigenvalue weighted by molar-refractivity contribution is 0.704. The average Bonchev–Trinajstić information content (AvgIpc) is 3.08. The van der Waals surface area contributed by atoms with Crippen LogP contribution in [0, 0.1) is 0 Å². The van der Waals surface area contributed by atoms with Crippen molar-refractivity contribution in [1.29, 1.82) is 0 Å². The second kappa shape index (κ2) is 14.4. The van der Waals surface area contributed by atoms with Crippen LogP contribution in [0.4, 0.5) is 0 Å². The van der Waals surface area contributed by atoms with Crippen LogP contribution in [-0.4, -0.2) is 0 Å². The Kier molecular flexibility index (Phi) is 9.69. The Morgan fingerprint density at radius 2 is 0.500 bits per heavy atom. The minimum Gasteiger partial charge on any atom is -0.0622 e. The van der Waals surface area contributed by atoms with Crippen molar-refractivity contribution in [2.24, 2.45) is 0 Å².